The molecule has 1 aliphatic rings. The largest absolute Gasteiger partial charge is 0.469 e. The van der Waals surface area contributed by atoms with E-state index in [1.165, 1.54) is 7.11 Å². The number of alkyl halides is 1. The second kappa shape index (κ2) is 4.40. The Bertz CT molecular complexity index is 163. The van der Waals surface area contributed by atoms with Gasteiger partial charge in [-0.3, -0.25) is 4.79 Å². The van der Waals surface area contributed by atoms with Crippen LogP contribution >= 0.6 is 0 Å². The first-order valence-electron chi connectivity index (χ1n) is 4.15. The van der Waals surface area contributed by atoms with Crippen LogP contribution in [0.15, 0.2) is 0 Å². The van der Waals surface area contributed by atoms with Gasteiger partial charge in [0.15, 0.2) is 0 Å². The molecule has 3 nitrogen and oxygen atoms in total. The van der Waals surface area contributed by atoms with Gasteiger partial charge < -0.3 is 10.1 Å². The van der Waals surface area contributed by atoms with Crippen LogP contribution in [0.3, 0.4) is 0 Å². The molecule has 1 fully saturated rings. The molecule has 12 heavy (non-hydrogen) atoms. The molecule has 4 heteroatoms. The molecular formula is C8H14FNO2. The molecule has 0 spiro atoms. The average molecular weight is 175 g/mol. The van der Waals surface area contributed by atoms with Crippen LogP contribution in [-0.4, -0.2) is 32.3 Å². The summed E-state index contributed by atoms with van der Waals surface area (Å²) < 4.78 is 17.5. The Morgan fingerprint density at radius 3 is 3.08 bits per heavy atom. The minimum atomic E-state index is -0.905. The van der Waals surface area contributed by atoms with Gasteiger partial charge in [-0.05, 0) is 13.0 Å². The van der Waals surface area contributed by atoms with E-state index in [0.29, 0.717) is 6.54 Å². The molecule has 0 aliphatic carbocycles. The van der Waals surface area contributed by atoms with Crippen molar-refractivity contribution in [3.63, 3.8) is 0 Å². The summed E-state index contributed by atoms with van der Waals surface area (Å²) in [4.78, 5) is 10.8. The number of halogens is 1. The number of rotatable bonds is 2. The fraction of sp³-hybridized carbons (Fsp3) is 0.875. The van der Waals surface area contributed by atoms with Gasteiger partial charge in [-0.1, -0.05) is 0 Å². The van der Waals surface area contributed by atoms with Gasteiger partial charge in [0.1, 0.15) is 6.17 Å². The van der Waals surface area contributed by atoms with Gasteiger partial charge in [-0.25, -0.2) is 4.39 Å². The van der Waals surface area contributed by atoms with Crippen molar-refractivity contribution in [1.82, 2.24) is 5.32 Å². The standard InChI is InChI=1S/C8H14FNO2/c1-12-8(11)4-6-2-3-10-5-7(6)9/h6-7,10H,2-5H2,1H3. The van der Waals surface area contributed by atoms with E-state index in [9.17, 15) is 9.18 Å². The Labute approximate surface area is 71.3 Å². The lowest BCUT2D eigenvalue weighted by Crippen LogP contribution is -2.39. The summed E-state index contributed by atoms with van der Waals surface area (Å²) >= 11 is 0. The van der Waals surface area contributed by atoms with Crippen LogP contribution in [0.1, 0.15) is 12.8 Å². The number of methoxy groups -OCH3 is 1. The van der Waals surface area contributed by atoms with Crippen molar-refractivity contribution in [2.24, 2.45) is 5.92 Å². The van der Waals surface area contributed by atoms with Crippen molar-refractivity contribution in [1.29, 1.82) is 0 Å². The first kappa shape index (κ1) is 9.45. The first-order chi connectivity index (χ1) is 5.74. The molecule has 0 aromatic heterocycles. The highest BCUT2D eigenvalue weighted by molar-refractivity contribution is 5.69. The molecule has 0 saturated carbocycles. The lowest BCUT2D eigenvalue weighted by Gasteiger charge is -2.25. The van der Waals surface area contributed by atoms with Crippen molar-refractivity contribution in [3.05, 3.63) is 0 Å². The number of hydrogen-bond donors (Lipinski definition) is 1. The molecule has 2 unspecified atom stereocenters. The van der Waals surface area contributed by atoms with Crippen LogP contribution in [-0.2, 0) is 9.53 Å². The van der Waals surface area contributed by atoms with E-state index < -0.39 is 6.17 Å². The Balaban J connectivity index is 2.33. The molecule has 1 rings (SSSR count). The Kier molecular flexibility index (Phi) is 3.47. The monoisotopic (exact) mass is 175 g/mol. The van der Waals surface area contributed by atoms with Crippen molar-refractivity contribution in [2.45, 2.75) is 19.0 Å². The zero-order valence-electron chi connectivity index (χ0n) is 7.18. The second-order valence-electron chi connectivity index (χ2n) is 3.05. The third-order valence-electron chi connectivity index (χ3n) is 2.20. The number of nitrogens with one attached hydrogen (secondary N) is 1. The van der Waals surface area contributed by atoms with E-state index in [1.54, 1.807) is 0 Å². The highest BCUT2D eigenvalue weighted by Crippen LogP contribution is 2.19. The van der Waals surface area contributed by atoms with Crippen LogP contribution in [0.4, 0.5) is 4.39 Å². The maximum atomic E-state index is 13.1. The Morgan fingerprint density at radius 1 is 1.75 bits per heavy atom. The predicted molar refractivity (Wildman–Crippen MR) is 42.5 cm³/mol. The van der Waals surface area contributed by atoms with Crippen LogP contribution < -0.4 is 5.32 Å². The molecule has 1 aliphatic heterocycles. The predicted octanol–water partition coefficient (Wildman–Crippen LogP) is 0.497. The number of ether oxygens (including phenoxy) is 1. The maximum Gasteiger partial charge on any atom is 0.305 e. The fourth-order valence-electron chi connectivity index (χ4n) is 1.40. The quantitative estimate of drug-likeness (QED) is 0.621. The van der Waals surface area contributed by atoms with Crippen LogP contribution in [0.2, 0.25) is 0 Å². The first-order valence-corrected chi connectivity index (χ1v) is 4.15. The van der Waals surface area contributed by atoms with Crippen molar-refractivity contribution in [3.8, 4) is 0 Å². The minimum Gasteiger partial charge on any atom is -0.469 e. The van der Waals surface area contributed by atoms with Crippen LogP contribution in [0.25, 0.3) is 0 Å². The highest BCUT2D eigenvalue weighted by Gasteiger charge is 2.26. The Hall–Kier alpha value is -0.640. The number of piperidine rings is 1. The zero-order valence-corrected chi connectivity index (χ0v) is 7.18. The summed E-state index contributed by atoms with van der Waals surface area (Å²) in [7, 11) is 1.33. The van der Waals surface area contributed by atoms with Gasteiger partial charge in [-0.2, -0.15) is 0 Å². The van der Waals surface area contributed by atoms with Gasteiger partial charge >= 0.3 is 5.97 Å². The summed E-state index contributed by atoms with van der Waals surface area (Å²) in [5, 5.41) is 2.93. The SMILES string of the molecule is COC(=O)CC1CCNCC1F. The summed E-state index contributed by atoms with van der Waals surface area (Å²) in [5.41, 5.74) is 0. The molecule has 1 saturated heterocycles. The number of carbonyl (C=O) groups excluding carboxylic acids is 1. The second-order valence-corrected chi connectivity index (χ2v) is 3.05. The van der Waals surface area contributed by atoms with Crippen LogP contribution in [0, 0.1) is 5.92 Å². The molecular weight excluding hydrogens is 161 g/mol. The number of hydrogen-bond acceptors (Lipinski definition) is 3. The summed E-state index contributed by atoms with van der Waals surface area (Å²) in [6.07, 6.45) is 0.0214. The molecule has 0 aromatic carbocycles. The Morgan fingerprint density at radius 2 is 2.50 bits per heavy atom. The minimum absolute atomic E-state index is 0.154. The summed E-state index contributed by atoms with van der Waals surface area (Å²) in [6, 6.07) is 0. The van der Waals surface area contributed by atoms with Crippen molar-refractivity contribution < 1.29 is 13.9 Å². The fourth-order valence-corrected chi connectivity index (χ4v) is 1.40. The molecule has 2 atom stereocenters. The lowest BCUT2D eigenvalue weighted by molar-refractivity contribution is -0.142. The molecule has 1 N–H and O–H groups in total. The normalized spacial score (nSPS) is 29.8. The number of esters is 1. The van der Waals surface area contributed by atoms with E-state index in [1.807, 2.05) is 0 Å². The molecule has 0 aromatic rings. The van der Waals surface area contributed by atoms with Gasteiger partial charge in [0.05, 0.1) is 13.5 Å². The molecule has 1 heterocycles. The van der Waals surface area contributed by atoms with Gasteiger partial charge in [0.2, 0.25) is 0 Å². The van der Waals surface area contributed by atoms with Crippen molar-refractivity contribution in [2.75, 3.05) is 20.2 Å². The zero-order chi connectivity index (χ0) is 8.97. The lowest BCUT2D eigenvalue weighted by atomic mass is 9.93. The van der Waals surface area contributed by atoms with Gasteiger partial charge in [0, 0.05) is 12.5 Å². The van der Waals surface area contributed by atoms with Gasteiger partial charge in [-0.15, -0.1) is 0 Å². The molecule has 0 amide bonds. The molecule has 0 radical (unpaired) electrons. The van der Waals surface area contributed by atoms with Crippen LogP contribution in [0.5, 0.6) is 0 Å². The summed E-state index contributed by atoms with van der Waals surface area (Å²) in [6.45, 7) is 1.16. The average Bonchev–Trinajstić information content (AvgIpc) is 2.09. The van der Waals surface area contributed by atoms with E-state index in [4.69, 9.17) is 0 Å². The van der Waals surface area contributed by atoms with Gasteiger partial charge in [0.25, 0.3) is 0 Å². The summed E-state index contributed by atoms with van der Waals surface area (Å²) in [5.74, 6) is -0.469. The molecule has 0 bridgehead atoms. The highest BCUT2D eigenvalue weighted by atomic mass is 19.1. The van der Waals surface area contributed by atoms with E-state index in [0.717, 1.165) is 13.0 Å². The van der Waals surface area contributed by atoms with Crippen molar-refractivity contribution >= 4 is 5.97 Å². The third-order valence-corrected chi connectivity index (χ3v) is 2.20. The molecule has 70 valence electrons. The smallest absolute Gasteiger partial charge is 0.305 e. The van der Waals surface area contributed by atoms with E-state index >= 15 is 0 Å². The van der Waals surface area contributed by atoms with E-state index in [2.05, 4.69) is 10.1 Å². The maximum absolute atomic E-state index is 13.1. The third kappa shape index (κ3) is 2.44. The van der Waals surface area contributed by atoms with E-state index in [-0.39, 0.29) is 18.3 Å². The number of carbonyl (C=O) groups is 1. The topological polar surface area (TPSA) is 38.3 Å².